The van der Waals surface area contributed by atoms with Gasteiger partial charge in [-0.1, -0.05) is 152 Å². The number of para-hydroxylation sites is 1. The fraction of sp³-hybridized carbons (Fsp3) is 0. The van der Waals surface area contributed by atoms with Gasteiger partial charge in [0.1, 0.15) is 11.2 Å². The zero-order valence-corrected chi connectivity index (χ0v) is 25.6. The Balaban J connectivity index is 1.47. The Morgan fingerprint density at radius 2 is 1.02 bits per heavy atom. The van der Waals surface area contributed by atoms with Crippen LogP contribution in [0.2, 0.25) is 0 Å². The molecule has 2 heteroatoms. The number of hydrogen-bond donors (Lipinski definition) is 0. The van der Waals surface area contributed by atoms with E-state index in [2.05, 4.69) is 0 Å². The van der Waals surface area contributed by atoms with Crippen LogP contribution in [0.15, 0.2) is 192 Å². The highest BCUT2D eigenvalue weighted by atomic mass is 16.3. The van der Waals surface area contributed by atoms with Crippen molar-refractivity contribution in [2.75, 3.05) is 4.90 Å². The van der Waals surface area contributed by atoms with Crippen molar-refractivity contribution in [3.05, 3.63) is 188 Å². The van der Waals surface area contributed by atoms with Crippen LogP contribution < -0.4 is 4.90 Å². The van der Waals surface area contributed by atoms with E-state index in [1.807, 2.05) is 144 Å². The summed E-state index contributed by atoms with van der Waals surface area (Å²) in [6, 6.07) is 41.5. The van der Waals surface area contributed by atoms with Crippen molar-refractivity contribution >= 4 is 49.8 Å². The van der Waals surface area contributed by atoms with Crippen LogP contribution in [0.4, 0.5) is 17.1 Å². The lowest BCUT2D eigenvalue weighted by Gasteiger charge is -2.27. The molecule has 48 heavy (non-hydrogen) atoms. The minimum absolute atomic E-state index is 0.0138. The Bertz CT molecular complexity index is 2990. The highest BCUT2D eigenvalue weighted by molar-refractivity contribution is 6.23. The predicted octanol–water partition coefficient (Wildman–Crippen LogP) is 13.2. The third kappa shape index (κ3) is 4.74. The van der Waals surface area contributed by atoms with Crippen LogP contribution in [0, 0.1) is 0 Å². The van der Waals surface area contributed by atoms with E-state index in [0.717, 1.165) is 22.3 Å². The first kappa shape index (κ1) is 20.7. The number of hydrogen-bond acceptors (Lipinski definition) is 2. The van der Waals surface area contributed by atoms with E-state index in [1.54, 1.807) is 0 Å². The van der Waals surface area contributed by atoms with Gasteiger partial charge in [-0.25, -0.2) is 0 Å². The van der Waals surface area contributed by atoms with E-state index in [-0.39, 0.29) is 80.2 Å². The Morgan fingerprint density at radius 1 is 0.438 bits per heavy atom. The average molecular weight is 622 g/mol. The van der Waals surface area contributed by atoms with E-state index in [9.17, 15) is 5.48 Å². The fourth-order valence-electron chi connectivity index (χ4n) is 6.47. The van der Waals surface area contributed by atoms with Crippen molar-refractivity contribution in [3.8, 4) is 33.4 Å². The summed E-state index contributed by atoms with van der Waals surface area (Å²) in [5.74, 6) is 0. The first-order valence-corrected chi connectivity index (χ1v) is 15.7. The smallest absolute Gasteiger partial charge is 0.143 e. The SMILES string of the molecule is [2H]c1c([2H])c(-c2ccccc2-c2ccccc2)c2c(oc3c4c([2H])c([2H])c([2H])c([2H])c4c(N(c4ccccc4)c4ccc(-c5ccccc5)cc4)c([2H])c32)c1[2H]. The Hall–Kier alpha value is -6.38. The zero-order chi connectivity index (χ0) is 38.8. The summed E-state index contributed by atoms with van der Waals surface area (Å²) in [4.78, 5) is 1.82. The van der Waals surface area contributed by atoms with E-state index < -0.39 is 12.1 Å². The van der Waals surface area contributed by atoms with Gasteiger partial charge < -0.3 is 9.32 Å². The molecule has 1 heterocycles. The number of benzene rings is 8. The highest BCUT2D eigenvalue weighted by Crippen LogP contribution is 2.47. The summed E-state index contributed by atoms with van der Waals surface area (Å²) in [6.45, 7) is 0. The van der Waals surface area contributed by atoms with Gasteiger partial charge in [-0.05, 0) is 69.7 Å². The summed E-state index contributed by atoms with van der Waals surface area (Å²) in [7, 11) is 0. The molecule has 1 aromatic heterocycles. The lowest BCUT2D eigenvalue weighted by molar-refractivity contribution is 0.673. The predicted molar refractivity (Wildman–Crippen MR) is 202 cm³/mol. The van der Waals surface area contributed by atoms with Gasteiger partial charge in [0.05, 0.1) is 16.7 Å². The minimum Gasteiger partial charge on any atom is -0.455 e. The summed E-state index contributed by atoms with van der Waals surface area (Å²) in [5, 5.41) is 0.532. The Morgan fingerprint density at radius 3 is 1.75 bits per heavy atom. The van der Waals surface area contributed by atoms with Crippen LogP contribution in [0.3, 0.4) is 0 Å². The van der Waals surface area contributed by atoms with E-state index in [1.165, 1.54) is 0 Å². The summed E-state index contributed by atoms with van der Waals surface area (Å²) in [6.07, 6.45) is 0. The second-order valence-corrected chi connectivity index (χ2v) is 11.5. The van der Waals surface area contributed by atoms with Gasteiger partial charge >= 0.3 is 0 Å². The molecule has 0 fully saturated rings. The molecule has 2 nitrogen and oxygen atoms in total. The molecule has 0 radical (unpaired) electrons. The van der Waals surface area contributed by atoms with Gasteiger partial charge in [0.25, 0.3) is 0 Å². The molecule has 0 N–H and O–H groups in total. The van der Waals surface area contributed by atoms with Crippen LogP contribution in [0.25, 0.3) is 66.1 Å². The van der Waals surface area contributed by atoms with E-state index in [0.29, 0.717) is 16.9 Å². The zero-order valence-electron chi connectivity index (χ0n) is 33.6. The first-order chi connectivity index (χ1) is 27.2. The quantitative estimate of drug-likeness (QED) is 0.184. The normalized spacial score (nSPS) is 13.7. The Labute approximate surface area is 291 Å². The topological polar surface area (TPSA) is 16.4 Å². The molecule has 0 unspecified atom stereocenters. The molecule has 0 amide bonds. The molecule has 0 saturated carbocycles. The largest absolute Gasteiger partial charge is 0.455 e. The van der Waals surface area contributed by atoms with Gasteiger partial charge in [0.15, 0.2) is 0 Å². The second kappa shape index (κ2) is 11.8. The van der Waals surface area contributed by atoms with Crippen molar-refractivity contribution in [2.45, 2.75) is 0 Å². The van der Waals surface area contributed by atoms with Crippen LogP contribution in [0.5, 0.6) is 0 Å². The molecule has 0 atom stereocenters. The monoisotopic (exact) mass is 621 g/mol. The van der Waals surface area contributed by atoms with Crippen molar-refractivity contribution in [3.63, 3.8) is 0 Å². The molecule has 0 aliphatic heterocycles. The highest BCUT2D eigenvalue weighted by Gasteiger charge is 2.22. The van der Waals surface area contributed by atoms with Gasteiger partial charge in [-0.15, -0.1) is 0 Å². The van der Waals surface area contributed by atoms with Crippen LogP contribution >= 0.6 is 0 Å². The molecule has 0 saturated heterocycles. The number of nitrogens with zero attached hydrogens (tertiary/aromatic N) is 1. The molecule has 8 aromatic carbocycles. The third-order valence-corrected chi connectivity index (χ3v) is 8.67. The second-order valence-electron chi connectivity index (χ2n) is 11.5. The Kier molecular flexibility index (Phi) is 5.07. The van der Waals surface area contributed by atoms with Crippen molar-refractivity contribution in [1.29, 1.82) is 0 Å². The molecular formula is C46H31NO. The standard InChI is InChI=1S/C46H31NO/c1-4-15-32(16-5-1)33-27-29-36(30-28-33)47(35-19-8-3-9-20-35)43-31-42-45-40(38-22-11-10-21-37(38)34-17-6-2-7-18-34)25-14-26-44(45)48-46(42)41-24-13-12-23-39(41)43/h1-31H/i12D,13D,14D,23D,24D,25D,26D,31D. The maximum absolute atomic E-state index is 10.2. The summed E-state index contributed by atoms with van der Waals surface area (Å²) < 4.78 is 80.1. The molecule has 0 spiro atoms. The third-order valence-electron chi connectivity index (χ3n) is 8.67. The van der Waals surface area contributed by atoms with Crippen molar-refractivity contribution < 1.29 is 15.4 Å². The molecular weight excluding hydrogens is 583 g/mol. The molecule has 9 aromatic rings. The number of furan rings is 1. The molecule has 9 rings (SSSR count). The molecule has 226 valence electrons. The average Bonchev–Trinajstić information content (AvgIpc) is 3.64. The van der Waals surface area contributed by atoms with Crippen molar-refractivity contribution in [1.82, 2.24) is 0 Å². The maximum atomic E-state index is 10.2. The van der Waals surface area contributed by atoms with Crippen LogP contribution in [-0.4, -0.2) is 0 Å². The summed E-state index contributed by atoms with van der Waals surface area (Å²) >= 11 is 0. The molecule has 0 aliphatic rings. The van der Waals surface area contributed by atoms with Crippen LogP contribution in [-0.2, 0) is 0 Å². The van der Waals surface area contributed by atoms with Gasteiger partial charge in [0.2, 0.25) is 0 Å². The number of fused-ring (bicyclic) bond motifs is 5. The molecule has 0 aliphatic carbocycles. The lowest BCUT2D eigenvalue weighted by atomic mass is 9.91. The lowest BCUT2D eigenvalue weighted by Crippen LogP contribution is -2.10. The molecule has 0 bridgehead atoms. The van der Waals surface area contributed by atoms with Crippen molar-refractivity contribution in [2.24, 2.45) is 0 Å². The van der Waals surface area contributed by atoms with Gasteiger partial charge in [-0.2, -0.15) is 0 Å². The number of anilines is 3. The number of rotatable bonds is 6. The fourth-order valence-corrected chi connectivity index (χ4v) is 6.47. The first-order valence-electron chi connectivity index (χ1n) is 19.7. The maximum Gasteiger partial charge on any atom is 0.143 e. The van der Waals surface area contributed by atoms with Gasteiger partial charge in [0, 0.05) is 32.9 Å². The van der Waals surface area contributed by atoms with Crippen LogP contribution in [0.1, 0.15) is 11.0 Å². The van der Waals surface area contributed by atoms with E-state index >= 15 is 0 Å². The van der Waals surface area contributed by atoms with Gasteiger partial charge in [-0.3, -0.25) is 0 Å². The van der Waals surface area contributed by atoms with E-state index in [4.69, 9.17) is 9.90 Å². The minimum atomic E-state index is -0.477. The summed E-state index contributed by atoms with van der Waals surface area (Å²) in [5.41, 5.74) is 5.90.